The number of nitriles is 2. The van der Waals surface area contributed by atoms with Gasteiger partial charge in [0, 0.05) is 75.3 Å². The van der Waals surface area contributed by atoms with E-state index >= 15 is 0 Å². The van der Waals surface area contributed by atoms with Gasteiger partial charge in [-0.2, -0.15) is 10.5 Å². The van der Waals surface area contributed by atoms with Crippen molar-refractivity contribution in [2.75, 3.05) is 52.2 Å². The third-order valence-corrected chi connectivity index (χ3v) is 4.57. The Bertz CT molecular complexity index is 1040. The first kappa shape index (κ1) is 24.0. The molecule has 0 N–H and O–H groups in total. The normalized spacial score (nSPS) is 11.6. The van der Waals surface area contributed by atoms with E-state index in [1.165, 1.54) is 12.4 Å². The maximum Gasteiger partial charge on any atom is 0.176 e. The largest absolute Gasteiger partial charge is 0.496 e. The Kier molecular flexibility index (Phi) is 8.38. The van der Waals surface area contributed by atoms with Crippen molar-refractivity contribution >= 4 is 23.8 Å². The highest BCUT2D eigenvalue weighted by molar-refractivity contribution is 5.87. The quantitative estimate of drug-likeness (QED) is 0.469. The highest BCUT2D eigenvalue weighted by Crippen LogP contribution is 2.25. The van der Waals surface area contributed by atoms with Gasteiger partial charge in [-0.25, -0.2) is 9.98 Å². The molecule has 0 saturated heterocycles. The van der Waals surface area contributed by atoms with Crippen LogP contribution in [0.2, 0.25) is 0 Å². The fraction of sp³-hybridized carbons (Fsp3) is 0.250. The van der Waals surface area contributed by atoms with E-state index in [1.54, 1.807) is 14.2 Å². The minimum atomic E-state index is -0.105. The first-order valence-corrected chi connectivity index (χ1v) is 9.68. The second-order valence-electron chi connectivity index (χ2n) is 7.08. The van der Waals surface area contributed by atoms with Crippen molar-refractivity contribution in [2.45, 2.75) is 0 Å². The number of rotatable bonds is 8. The molecule has 164 valence electrons. The molecule has 0 spiro atoms. The van der Waals surface area contributed by atoms with Crippen molar-refractivity contribution in [1.29, 1.82) is 10.5 Å². The third-order valence-electron chi connectivity index (χ3n) is 4.57. The van der Waals surface area contributed by atoms with Gasteiger partial charge in [0.15, 0.2) is 11.4 Å². The van der Waals surface area contributed by atoms with Crippen LogP contribution in [0.5, 0.6) is 11.5 Å². The van der Waals surface area contributed by atoms with E-state index in [-0.39, 0.29) is 11.4 Å². The highest BCUT2D eigenvalue weighted by Gasteiger charge is 2.08. The Hall–Kier alpha value is -4.30. The van der Waals surface area contributed by atoms with Gasteiger partial charge < -0.3 is 19.3 Å². The van der Waals surface area contributed by atoms with Crippen LogP contribution < -0.4 is 19.3 Å². The molecule has 2 rings (SSSR count). The molecule has 0 bridgehead atoms. The molecule has 0 aliphatic heterocycles. The van der Waals surface area contributed by atoms with E-state index in [2.05, 4.69) is 9.98 Å². The average Bonchev–Trinajstić information content (AvgIpc) is 2.80. The van der Waals surface area contributed by atoms with Crippen LogP contribution in [0.3, 0.4) is 0 Å². The summed E-state index contributed by atoms with van der Waals surface area (Å²) >= 11 is 0. The summed E-state index contributed by atoms with van der Waals surface area (Å²) in [5.74, 6) is 1.20. The SMILES string of the molecule is COc1cc(N(C)C)ccc1C=N/C(C#N)=C(/C#N)N=Cc1ccc(N(C)C)cc1OC. The summed E-state index contributed by atoms with van der Waals surface area (Å²) < 4.78 is 10.8. The van der Waals surface area contributed by atoms with Crippen LogP contribution in [-0.4, -0.2) is 54.8 Å². The van der Waals surface area contributed by atoms with Gasteiger partial charge in [0.25, 0.3) is 0 Å². The van der Waals surface area contributed by atoms with Crippen molar-refractivity contribution in [1.82, 2.24) is 0 Å². The van der Waals surface area contributed by atoms with Crippen LogP contribution >= 0.6 is 0 Å². The smallest absolute Gasteiger partial charge is 0.176 e. The van der Waals surface area contributed by atoms with Gasteiger partial charge >= 0.3 is 0 Å². The summed E-state index contributed by atoms with van der Waals surface area (Å²) in [6.07, 6.45) is 2.96. The van der Waals surface area contributed by atoms with Gasteiger partial charge in [0.2, 0.25) is 0 Å². The summed E-state index contributed by atoms with van der Waals surface area (Å²) in [6, 6.07) is 15.1. The lowest BCUT2D eigenvalue weighted by Gasteiger charge is -2.14. The molecule has 8 heteroatoms. The maximum absolute atomic E-state index is 9.53. The van der Waals surface area contributed by atoms with E-state index in [9.17, 15) is 10.5 Å². The van der Waals surface area contributed by atoms with Crippen LogP contribution in [0.1, 0.15) is 11.1 Å². The first-order valence-electron chi connectivity index (χ1n) is 9.68. The van der Waals surface area contributed by atoms with Gasteiger partial charge in [-0.1, -0.05) is 0 Å². The molecule has 0 atom stereocenters. The van der Waals surface area contributed by atoms with Crippen molar-refractivity contribution in [3.8, 4) is 23.6 Å². The average molecular weight is 431 g/mol. The van der Waals surface area contributed by atoms with E-state index < -0.39 is 0 Å². The van der Waals surface area contributed by atoms with E-state index in [0.717, 1.165) is 11.4 Å². The number of hydrogen-bond donors (Lipinski definition) is 0. The molecule has 0 aliphatic carbocycles. The summed E-state index contributed by atoms with van der Waals surface area (Å²) in [7, 11) is 10.8. The first-order chi connectivity index (χ1) is 15.3. The van der Waals surface area contributed by atoms with Crippen molar-refractivity contribution in [2.24, 2.45) is 9.98 Å². The molecule has 0 saturated carbocycles. The zero-order valence-electron chi connectivity index (χ0n) is 19.1. The lowest BCUT2D eigenvalue weighted by atomic mass is 10.2. The molecule has 2 aromatic carbocycles. The highest BCUT2D eigenvalue weighted by atomic mass is 16.5. The molecule has 0 radical (unpaired) electrons. The van der Waals surface area contributed by atoms with Crippen molar-refractivity contribution in [3.63, 3.8) is 0 Å². The second kappa shape index (κ2) is 11.2. The minimum Gasteiger partial charge on any atom is -0.496 e. The molecule has 0 heterocycles. The summed E-state index contributed by atoms with van der Waals surface area (Å²) in [4.78, 5) is 12.3. The Labute approximate surface area is 189 Å². The van der Waals surface area contributed by atoms with Gasteiger partial charge in [0.1, 0.15) is 23.6 Å². The number of hydrogen-bond acceptors (Lipinski definition) is 8. The van der Waals surface area contributed by atoms with Crippen LogP contribution in [-0.2, 0) is 0 Å². The summed E-state index contributed by atoms with van der Waals surface area (Å²) in [6.45, 7) is 0. The fourth-order valence-corrected chi connectivity index (χ4v) is 2.72. The van der Waals surface area contributed by atoms with Crippen molar-refractivity contribution < 1.29 is 9.47 Å². The van der Waals surface area contributed by atoms with Gasteiger partial charge in [-0.3, -0.25) is 0 Å². The fourth-order valence-electron chi connectivity index (χ4n) is 2.72. The molecular weight excluding hydrogens is 404 g/mol. The lowest BCUT2D eigenvalue weighted by molar-refractivity contribution is 0.414. The summed E-state index contributed by atoms with van der Waals surface area (Å²) in [5.41, 5.74) is 3.07. The monoisotopic (exact) mass is 430 g/mol. The molecular formula is C24H26N6O2. The molecule has 0 aliphatic rings. The van der Waals surface area contributed by atoms with Gasteiger partial charge in [-0.05, 0) is 24.3 Å². The number of nitrogens with zero attached hydrogens (tertiary/aromatic N) is 6. The molecule has 32 heavy (non-hydrogen) atoms. The van der Waals surface area contributed by atoms with Gasteiger partial charge in [0.05, 0.1) is 14.2 Å². The standard InChI is InChI=1S/C24H26N6O2/c1-29(2)19-9-7-17(23(11-19)31-5)15-27-21(13-25)22(14-26)28-16-18-8-10-20(30(3)4)12-24(18)32-6/h7-12,15-16H,1-6H3/b22-21-,27-15?,28-16?. The Morgan fingerprint density at radius 1 is 0.750 bits per heavy atom. The molecule has 0 unspecified atom stereocenters. The topological polar surface area (TPSA) is 97.2 Å². The third kappa shape index (κ3) is 5.87. The van der Waals surface area contributed by atoms with Crippen LogP contribution in [0.25, 0.3) is 0 Å². The minimum absolute atomic E-state index is 0.105. The summed E-state index contributed by atoms with van der Waals surface area (Å²) in [5, 5.41) is 19.1. The van der Waals surface area contributed by atoms with Gasteiger partial charge in [-0.15, -0.1) is 0 Å². The lowest BCUT2D eigenvalue weighted by Crippen LogP contribution is -2.09. The molecule has 0 aromatic heterocycles. The zero-order chi connectivity index (χ0) is 23.7. The Morgan fingerprint density at radius 2 is 1.12 bits per heavy atom. The Balaban J connectivity index is 2.39. The van der Waals surface area contributed by atoms with E-state index in [1.807, 2.05) is 86.5 Å². The molecule has 0 amide bonds. The predicted molar refractivity (Wildman–Crippen MR) is 128 cm³/mol. The number of allylic oxidation sites excluding steroid dienone is 2. The number of methoxy groups -OCH3 is 2. The molecule has 0 fully saturated rings. The number of benzene rings is 2. The Morgan fingerprint density at radius 3 is 1.41 bits per heavy atom. The number of anilines is 2. The van der Waals surface area contributed by atoms with Crippen LogP contribution in [0.4, 0.5) is 11.4 Å². The van der Waals surface area contributed by atoms with Crippen LogP contribution in [0.15, 0.2) is 57.8 Å². The molecule has 8 nitrogen and oxygen atoms in total. The number of aliphatic imine (C=N–C) groups is 2. The second-order valence-corrected chi connectivity index (χ2v) is 7.08. The zero-order valence-corrected chi connectivity index (χ0v) is 19.1. The van der Waals surface area contributed by atoms with E-state index in [0.29, 0.717) is 22.6 Å². The maximum atomic E-state index is 9.53. The number of ether oxygens (including phenoxy) is 2. The predicted octanol–water partition coefficient (Wildman–Crippen LogP) is 3.63. The molecule has 2 aromatic rings. The van der Waals surface area contributed by atoms with Crippen LogP contribution in [0, 0.1) is 22.7 Å². The van der Waals surface area contributed by atoms with Crippen molar-refractivity contribution in [3.05, 3.63) is 58.9 Å². The van der Waals surface area contributed by atoms with E-state index in [4.69, 9.17) is 9.47 Å².